The molecule has 3 rings (SSSR count). The fourth-order valence-corrected chi connectivity index (χ4v) is 2.85. The zero-order valence-electron chi connectivity index (χ0n) is 11.2. The van der Waals surface area contributed by atoms with Gasteiger partial charge in [-0.1, -0.05) is 28.1 Å². The molecule has 0 aromatic heterocycles. The maximum Gasteiger partial charge on any atom is 0.141 e. The van der Waals surface area contributed by atoms with E-state index < -0.39 is 0 Å². The van der Waals surface area contributed by atoms with Crippen LogP contribution >= 0.6 is 15.9 Å². The normalized spacial score (nSPS) is 17.0. The Hall–Kier alpha value is -1.68. The fourth-order valence-electron chi connectivity index (χ4n) is 2.47. The third-order valence-electron chi connectivity index (χ3n) is 3.45. The van der Waals surface area contributed by atoms with Crippen molar-refractivity contribution in [1.82, 2.24) is 0 Å². The minimum Gasteiger partial charge on any atom is -0.495 e. The minimum absolute atomic E-state index is 0.229. The van der Waals surface area contributed by atoms with Crippen molar-refractivity contribution >= 4 is 21.6 Å². The van der Waals surface area contributed by atoms with Crippen molar-refractivity contribution in [2.75, 3.05) is 19.0 Å². The molecule has 0 saturated carbocycles. The minimum atomic E-state index is 0.229. The van der Waals surface area contributed by atoms with Crippen molar-refractivity contribution in [3.05, 3.63) is 52.5 Å². The molecule has 1 unspecified atom stereocenters. The van der Waals surface area contributed by atoms with Gasteiger partial charge in [0, 0.05) is 16.5 Å². The molecule has 20 heavy (non-hydrogen) atoms. The first-order valence-electron chi connectivity index (χ1n) is 6.60. The van der Waals surface area contributed by atoms with E-state index in [-0.39, 0.29) is 6.04 Å². The van der Waals surface area contributed by atoms with Gasteiger partial charge in [0.2, 0.25) is 0 Å². The van der Waals surface area contributed by atoms with Gasteiger partial charge in [-0.15, -0.1) is 0 Å². The van der Waals surface area contributed by atoms with Crippen LogP contribution in [0.1, 0.15) is 18.0 Å². The standard InChI is InChI=1S/C16H16BrNO2/c1-19-16-5-3-2-4-14(16)18-13-8-9-20-15-7-6-11(17)10-12(13)15/h2-7,10,13,18H,8-9H2,1H3. The largest absolute Gasteiger partial charge is 0.495 e. The molecule has 0 aliphatic carbocycles. The summed E-state index contributed by atoms with van der Waals surface area (Å²) >= 11 is 3.52. The highest BCUT2D eigenvalue weighted by Gasteiger charge is 2.22. The van der Waals surface area contributed by atoms with Gasteiger partial charge in [0.05, 0.1) is 25.4 Å². The number of benzene rings is 2. The van der Waals surface area contributed by atoms with Crippen LogP contribution in [-0.4, -0.2) is 13.7 Å². The Morgan fingerprint density at radius 3 is 2.95 bits per heavy atom. The number of rotatable bonds is 3. The molecule has 0 fully saturated rings. The Bertz CT molecular complexity index is 615. The van der Waals surface area contributed by atoms with Crippen LogP contribution in [0.3, 0.4) is 0 Å². The topological polar surface area (TPSA) is 30.5 Å². The van der Waals surface area contributed by atoms with Gasteiger partial charge in [-0.2, -0.15) is 0 Å². The molecule has 1 aliphatic rings. The third-order valence-corrected chi connectivity index (χ3v) is 3.94. The second kappa shape index (κ2) is 5.75. The smallest absolute Gasteiger partial charge is 0.141 e. The van der Waals surface area contributed by atoms with Crippen LogP contribution in [0.2, 0.25) is 0 Å². The molecule has 3 nitrogen and oxygen atoms in total. The predicted molar refractivity (Wildman–Crippen MR) is 83.6 cm³/mol. The van der Waals surface area contributed by atoms with Crippen LogP contribution in [-0.2, 0) is 0 Å². The van der Waals surface area contributed by atoms with E-state index in [4.69, 9.17) is 9.47 Å². The Balaban J connectivity index is 1.91. The van der Waals surface area contributed by atoms with Crippen molar-refractivity contribution in [2.24, 2.45) is 0 Å². The molecule has 0 spiro atoms. The maximum absolute atomic E-state index is 5.71. The molecule has 0 saturated heterocycles. The van der Waals surface area contributed by atoms with E-state index in [1.165, 1.54) is 5.56 Å². The van der Waals surface area contributed by atoms with Crippen molar-refractivity contribution in [3.63, 3.8) is 0 Å². The van der Waals surface area contributed by atoms with Crippen LogP contribution in [0, 0.1) is 0 Å². The number of hydrogen-bond acceptors (Lipinski definition) is 3. The van der Waals surface area contributed by atoms with E-state index in [9.17, 15) is 0 Å². The highest BCUT2D eigenvalue weighted by molar-refractivity contribution is 9.10. The molecule has 2 aromatic carbocycles. The Morgan fingerprint density at radius 2 is 2.10 bits per heavy atom. The van der Waals surface area contributed by atoms with E-state index >= 15 is 0 Å². The Morgan fingerprint density at radius 1 is 1.25 bits per heavy atom. The molecular weight excluding hydrogens is 318 g/mol. The maximum atomic E-state index is 5.71. The molecule has 4 heteroatoms. The summed E-state index contributed by atoms with van der Waals surface area (Å²) in [6, 6.07) is 14.3. The first-order valence-corrected chi connectivity index (χ1v) is 7.39. The van der Waals surface area contributed by atoms with E-state index in [2.05, 4.69) is 27.3 Å². The highest BCUT2D eigenvalue weighted by atomic mass is 79.9. The van der Waals surface area contributed by atoms with Gasteiger partial charge in [-0.25, -0.2) is 0 Å². The number of fused-ring (bicyclic) bond motifs is 1. The lowest BCUT2D eigenvalue weighted by molar-refractivity contribution is 0.274. The lowest BCUT2D eigenvalue weighted by atomic mass is 10.00. The van der Waals surface area contributed by atoms with E-state index in [0.29, 0.717) is 0 Å². The van der Waals surface area contributed by atoms with Crippen LogP contribution in [0.4, 0.5) is 5.69 Å². The monoisotopic (exact) mass is 333 g/mol. The first kappa shape index (κ1) is 13.3. The molecule has 0 amide bonds. The molecule has 1 atom stereocenters. The van der Waals surface area contributed by atoms with Crippen molar-refractivity contribution < 1.29 is 9.47 Å². The zero-order chi connectivity index (χ0) is 13.9. The summed E-state index contributed by atoms with van der Waals surface area (Å²) < 4.78 is 12.2. The average molecular weight is 334 g/mol. The van der Waals surface area contributed by atoms with Crippen molar-refractivity contribution in [3.8, 4) is 11.5 Å². The molecule has 1 N–H and O–H groups in total. The second-order valence-corrected chi connectivity index (χ2v) is 5.63. The zero-order valence-corrected chi connectivity index (χ0v) is 12.8. The van der Waals surface area contributed by atoms with Gasteiger partial charge in [-0.3, -0.25) is 0 Å². The summed E-state index contributed by atoms with van der Waals surface area (Å²) in [6.45, 7) is 0.724. The quantitative estimate of drug-likeness (QED) is 0.903. The van der Waals surface area contributed by atoms with E-state index in [1.54, 1.807) is 7.11 Å². The van der Waals surface area contributed by atoms with Crippen LogP contribution in [0.5, 0.6) is 11.5 Å². The third kappa shape index (κ3) is 2.61. The summed E-state index contributed by atoms with van der Waals surface area (Å²) in [5, 5.41) is 3.56. The second-order valence-electron chi connectivity index (χ2n) is 4.72. The number of hydrogen-bond donors (Lipinski definition) is 1. The van der Waals surface area contributed by atoms with Gasteiger partial charge in [0.25, 0.3) is 0 Å². The van der Waals surface area contributed by atoms with E-state index in [0.717, 1.165) is 34.7 Å². The Kier molecular flexibility index (Phi) is 3.83. The van der Waals surface area contributed by atoms with Gasteiger partial charge < -0.3 is 14.8 Å². The lowest BCUT2D eigenvalue weighted by Crippen LogP contribution is -2.20. The lowest BCUT2D eigenvalue weighted by Gasteiger charge is -2.28. The molecule has 2 aromatic rings. The summed E-state index contributed by atoms with van der Waals surface area (Å²) in [4.78, 5) is 0. The van der Waals surface area contributed by atoms with Gasteiger partial charge in [0.1, 0.15) is 11.5 Å². The summed E-state index contributed by atoms with van der Waals surface area (Å²) in [7, 11) is 1.69. The number of halogens is 1. The number of methoxy groups -OCH3 is 1. The number of nitrogens with one attached hydrogen (secondary N) is 1. The van der Waals surface area contributed by atoms with Crippen LogP contribution in [0.25, 0.3) is 0 Å². The van der Waals surface area contributed by atoms with Crippen molar-refractivity contribution in [1.29, 1.82) is 0 Å². The SMILES string of the molecule is COc1ccccc1NC1CCOc2ccc(Br)cc21. The fraction of sp³-hybridized carbons (Fsp3) is 0.250. The molecule has 0 bridgehead atoms. The summed E-state index contributed by atoms with van der Waals surface area (Å²) in [6.07, 6.45) is 0.932. The number of anilines is 1. The summed E-state index contributed by atoms with van der Waals surface area (Å²) in [5.74, 6) is 1.81. The van der Waals surface area contributed by atoms with Gasteiger partial charge in [-0.05, 0) is 30.3 Å². The number of para-hydroxylation sites is 2. The molecule has 1 heterocycles. The van der Waals surface area contributed by atoms with Crippen molar-refractivity contribution in [2.45, 2.75) is 12.5 Å². The Labute approximate surface area is 127 Å². The van der Waals surface area contributed by atoms with Gasteiger partial charge in [0.15, 0.2) is 0 Å². The molecule has 0 radical (unpaired) electrons. The first-order chi connectivity index (χ1) is 9.78. The predicted octanol–water partition coefficient (Wildman–Crippen LogP) is 4.39. The average Bonchev–Trinajstić information content (AvgIpc) is 2.48. The summed E-state index contributed by atoms with van der Waals surface area (Å²) in [5.41, 5.74) is 2.18. The van der Waals surface area contributed by atoms with Crippen LogP contribution < -0.4 is 14.8 Å². The number of ether oxygens (including phenoxy) is 2. The van der Waals surface area contributed by atoms with E-state index in [1.807, 2.05) is 36.4 Å². The van der Waals surface area contributed by atoms with Crippen LogP contribution in [0.15, 0.2) is 46.9 Å². The molecule has 104 valence electrons. The van der Waals surface area contributed by atoms with Gasteiger partial charge >= 0.3 is 0 Å². The molecular formula is C16H16BrNO2. The highest BCUT2D eigenvalue weighted by Crippen LogP contribution is 2.37. The molecule has 1 aliphatic heterocycles.